The molecule has 3 rings (SSSR count). The third kappa shape index (κ3) is 1.95. The van der Waals surface area contributed by atoms with Gasteiger partial charge in [-0.3, -0.25) is 4.98 Å². The van der Waals surface area contributed by atoms with E-state index in [0.717, 1.165) is 16.5 Å². The minimum atomic E-state index is 0.0373. The summed E-state index contributed by atoms with van der Waals surface area (Å²) in [5, 5.41) is 12.2. The third-order valence-electron chi connectivity index (χ3n) is 2.73. The van der Waals surface area contributed by atoms with Gasteiger partial charge in [-0.05, 0) is 34.7 Å². The summed E-state index contributed by atoms with van der Waals surface area (Å²) < 4.78 is 0. The lowest BCUT2D eigenvalue weighted by Gasteiger charge is -2.02. The summed E-state index contributed by atoms with van der Waals surface area (Å²) in [6.45, 7) is 0.0373. The molecule has 3 heteroatoms. The molecule has 0 bridgehead atoms. The number of aromatic nitrogens is 1. The van der Waals surface area contributed by atoms with Gasteiger partial charge < -0.3 is 5.11 Å². The molecule has 0 fully saturated rings. The van der Waals surface area contributed by atoms with Crippen molar-refractivity contribution in [2.24, 2.45) is 0 Å². The van der Waals surface area contributed by atoms with Gasteiger partial charge in [0.25, 0.3) is 0 Å². The maximum Gasteiger partial charge on any atom is 0.0708 e. The topological polar surface area (TPSA) is 33.1 Å². The molecule has 0 aliphatic rings. The molecule has 2 aromatic heterocycles. The Bertz CT molecular complexity index is 646. The van der Waals surface area contributed by atoms with Gasteiger partial charge in [0, 0.05) is 16.5 Å². The number of nitrogens with zero attached hydrogens (tertiary/aromatic N) is 1. The zero-order chi connectivity index (χ0) is 11.7. The number of rotatable bonds is 2. The van der Waals surface area contributed by atoms with Crippen LogP contribution in [0.2, 0.25) is 0 Å². The number of hydrogen-bond donors (Lipinski definition) is 1. The average Bonchev–Trinajstić information content (AvgIpc) is 2.91. The van der Waals surface area contributed by atoms with Crippen LogP contribution < -0.4 is 0 Å². The van der Waals surface area contributed by atoms with Crippen molar-refractivity contribution < 1.29 is 5.11 Å². The summed E-state index contributed by atoms with van der Waals surface area (Å²) in [5.74, 6) is 0. The molecule has 3 aromatic rings. The van der Waals surface area contributed by atoms with Gasteiger partial charge in [0.2, 0.25) is 0 Å². The first-order valence-corrected chi connectivity index (χ1v) is 6.28. The van der Waals surface area contributed by atoms with Crippen molar-refractivity contribution in [1.82, 2.24) is 4.98 Å². The lowest BCUT2D eigenvalue weighted by molar-refractivity contribution is 0.281. The molecule has 0 unspecified atom stereocenters. The van der Waals surface area contributed by atoms with Crippen LogP contribution in [0.1, 0.15) is 5.56 Å². The van der Waals surface area contributed by atoms with Crippen molar-refractivity contribution in [1.29, 1.82) is 0 Å². The monoisotopic (exact) mass is 241 g/mol. The van der Waals surface area contributed by atoms with Gasteiger partial charge in [0.05, 0.1) is 12.1 Å². The van der Waals surface area contributed by atoms with Gasteiger partial charge >= 0.3 is 0 Å². The molecule has 84 valence electrons. The van der Waals surface area contributed by atoms with Gasteiger partial charge in [-0.1, -0.05) is 18.2 Å². The van der Waals surface area contributed by atoms with Crippen molar-refractivity contribution in [3.8, 4) is 10.4 Å². The van der Waals surface area contributed by atoms with E-state index in [1.807, 2.05) is 12.1 Å². The fourth-order valence-corrected chi connectivity index (χ4v) is 2.57. The lowest BCUT2D eigenvalue weighted by atomic mass is 10.1. The van der Waals surface area contributed by atoms with Crippen molar-refractivity contribution in [3.05, 3.63) is 53.5 Å². The highest BCUT2D eigenvalue weighted by molar-refractivity contribution is 7.13. The van der Waals surface area contributed by atoms with Crippen LogP contribution >= 0.6 is 11.3 Å². The number of aliphatic hydroxyl groups excluding tert-OH is 1. The Labute approximate surface area is 103 Å². The second kappa shape index (κ2) is 4.28. The molecular weight excluding hydrogens is 230 g/mol. The standard InChI is InChI=1S/C14H11NOS/c16-9-10-6-11-3-4-12(7-13(11)15-8-10)14-2-1-5-17-14/h1-8,16H,9H2. The number of aliphatic hydroxyl groups is 1. The Morgan fingerprint density at radius 1 is 1.18 bits per heavy atom. The summed E-state index contributed by atoms with van der Waals surface area (Å²) >= 11 is 1.72. The highest BCUT2D eigenvalue weighted by Crippen LogP contribution is 2.27. The molecule has 0 aliphatic heterocycles. The molecule has 0 spiro atoms. The van der Waals surface area contributed by atoms with Gasteiger partial charge in [0.15, 0.2) is 0 Å². The Morgan fingerprint density at radius 3 is 2.88 bits per heavy atom. The first-order valence-electron chi connectivity index (χ1n) is 5.40. The van der Waals surface area contributed by atoms with E-state index in [-0.39, 0.29) is 6.61 Å². The summed E-state index contributed by atoms with van der Waals surface area (Å²) in [7, 11) is 0. The third-order valence-corrected chi connectivity index (χ3v) is 3.65. The van der Waals surface area contributed by atoms with Crippen molar-refractivity contribution in [2.75, 3.05) is 0 Å². The highest BCUT2D eigenvalue weighted by Gasteiger charge is 2.02. The van der Waals surface area contributed by atoms with E-state index in [0.29, 0.717) is 0 Å². The van der Waals surface area contributed by atoms with E-state index in [4.69, 9.17) is 5.11 Å². The van der Waals surface area contributed by atoms with E-state index in [1.165, 1.54) is 10.4 Å². The fourth-order valence-electron chi connectivity index (χ4n) is 1.85. The van der Waals surface area contributed by atoms with Crippen LogP contribution in [0, 0.1) is 0 Å². The average molecular weight is 241 g/mol. The van der Waals surface area contributed by atoms with Crippen molar-refractivity contribution in [3.63, 3.8) is 0 Å². The summed E-state index contributed by atoms with van der Waals surface area (Å²) in [6, 6.07) is 12.4. The second-order valence-corrected chi connectivity index (χ2v) is 4.83. The summed E-state index contributed by atoms with van der Waals surface area (Å²) in [6.07, 6.45) is 1.72. The van der Waals surface area contributed by atoms with Crippen molar-refractivity contribution in [2.45, 2.75) is 6.61 Å². The van der Waals surface area contributed by atoms with Crippen LogP contribution in [0.25, 0.3) is 21.3 Å². The first kappa shape index (κ1) is 10.4. The molecule has 1 aromatic carbocycles. The van der Waals surface area contributed by atoms with Gasteiger partial charge in [-0.2, -0.15) is 0 Å². The molecule has 0 saturated heterocycles. The zero-order valence-electron chi connectivity index (χ0n) is 9.13. The SMILES string of the molecule is OCc1cnc2cc(-c3cccs3)ccc2c1. The molecule has 2 heterocycles. The molecule has 2 nitrogen and oxygen atoms in total. The Morgan fingerprint density at radius 2 is 2.12 bits per heavy atom. The van der Waals surface area contributed by atoms with Crippen molar-refractivity contribution >= 4 is 22.2 Å². The lowest BCUT2D eigenvalue weighted by Crippen LogP contribution is -1.86. The van der Waals surface area contributed by atoms with Crippen LogP contribution in [0.15, 0.2) is 48.0 Å². The molecule has 0 atom stereocenters. The minimum absolute atomic E-state index is 0.0373. The highest BCUT2D eigenvalue weighted by atomic mass is 32.1. The van der Waals surface area contributed by atoms with Gasteiger partial charge in [-0.15, -0.1) is 11.3 Å². The Balaban J connectivity index is 2.14. The van der Waals surface area contributed by atoms with Crippen LogP contribution in [-0.4, -0.2) is 10.1 Å². The Kier molecular flexibility index (Phi) is 2.63. The van der Waals surface area contributed by atoms with E-state index in [1.54, 1.807) is 17.5 Å². The zero-order valence-corrected chi connectivity index (χ0v) is 9.95. The smallest absolute Gasteiger partial charge is 0.0708 e. The number of pyridine rings is 1. The number of hydrogen-bond acceptors (Lipinski definition) is 3. The van der Waals surface area contributed by atoms with E-state index < -0.39 is 0 Å². The summed E-state index contributed by atoms with van der Waals surface area (Å²) in [5.41, 5.74) is 3.01. The quantitative estimate of drug-likeness (QED) is 0.745. The van der Waals surface area contributed by atoms with Crippen LogP contribution in [0.4, 0.5) is 0 Å². The number of benzene rings is 1. The van der Waals surface area contributed by atoms with E-state index in [2.05, 4.69) is 34.6 Å². The van der Waals surface area contributed by atoms with Crippen LogP contribution in [0.5, 0.6) is 0 Å². The van der Waals surface area contributed by atoms with Gasteiger partial charge in [-0.25, -0.2) is 0 Å². The predicted octanol–water partition coefficient (Wildman–Crippen LogP) is 3.46. The maximum absolute atomic E-state index is 9.06. The van der Waals surface area contributed by atoms with E-state index in [9.17, 15) is 0 Å². The molecule has 1 N–H and O–H groups in total. The summed E-state index contributed by atoms with van der Waals surface area (Å²) in [4.78, 5) is 5.62. The van der Waals surface area contributed by atoms with Crippen LogP contribution in [0.3, 0.4) is 0 Å². The molecular formula is C14H11NOS. The first-order chi connectivity index (χ1) is 8.36. The number of fused-ring (bicyclic) bond motifs is 1. The molecule has 0 aliphatic carbocycles. The fraction of sp³-hybridized carbons (Fsp3) is 0.0714. The minimum Gasteiger partial charge on any atom is -0.392 e. The predicted molar refractivity (Wildman–Crippen MR) is 71.0 cm³/mol. The normalized spacial score (nSPS) is 10.9. The van der Waals surface area contributed by atoms with E-state index >= 15 is 0 Å². The van der Waals surface area contributed by atoms with Gasteiger partial charge in [0.1, 0.15) is 0 Å². The molecule has 0 radical (unpaired) electrons. The molecule has 0 saturated carbocycles. The maximum atomic E-state index is 9.06. The largest absolute Gasteiger partial charge is 0.392 e. The second-order valence-electron chi connectivity index (χ2n) is 3.89. The molecule has 17 heavy (non-hydrogen) atoms. The number of thiophene rings is 1. The Hall–Kier alpha value is -1.71. The molecule has 0 amide bonds. The van der Waals surface area contributed by atoms with Crippen LogP contribution in [-0.2, 0) is 6.61 Å².